The fraction of sp³-hybridized carbons (Fsp3) is 0.464. The quantitative estimate of drug-likeness (QED) is 0.543. The van der Waals surface area contributed by atoms with E-state index in [1.165, 1.54) is 0 Å². The van der Waals surface area contributed by atoms with E-state index in [2.05, 4.69) is 28.4 Å². The number of fused-ring (bicyclic) bond motifs is 2. The molecule has 5 rings (SSSR count). The van der Waals surface area contributed by atoms with Crippen LogP contribution in [0.4, 0.5) is 0 Å². The molecule has 1 saturated heterocycles. The van der Waals surface area contributed by atoms with E-state index in [1.807, 2.05) is 31.7 Å². The highest BCUT2D eigenvalue weighted by atomic mass is 16.4. The minimum atomic E-state index is -0.205. The number of nitrogens with one attached hydrogen (secondary N) is 1. The van der Waals surface area contributed by atoms with Crippen molar-refractivity contribution < 1.29 is 18.4 Å². The second kappa shape index (κ2) is 9.93. The summed E-state index contributed by atoms with van der Waals surface area (Å²) in [6.45, 7) is 12.3. The first-order valence-corrected chi connectivity index (χ1v) is 12.8. The molecule has 2 amide bonds. The molecular formula is C28H34N4O4. The van der Waals surface area contributed by atoms with Gasteiger partial charge in [-0.05, 0) is 57.4 Å². The third kappa shape index (κ3) is 4.57. The standard InChI is InChI=1S/C28H34N4O4/c1-5-31-9-11-32(12-10-31)28(34)27-19(4)26-21(7-6-8-22(26)36-27)29-30-24(33)15-20-16-35-23-14-17(2)13-18(3)25(20)23/h13-14,16H,5-12,15H2,1-4H3,(H,30,33)/b29-21+. The first kappa shape index (κ1) is 24.3. The molecule has 8 heteroatoms. The molecule has 3 heterocycles. The molecule has 0 bridgehead atoms. The van der Waals surface area contributed by atoms with E-state index in [9.17, 15) is 9.59 Å². The molecule has 0 radical (unpaired) electrons. The molecule has 0 atom stereocenters. The van der Waals surface area contributed by atoms with E-state index < -0.39 is 0 Å². The number of hydrazone groups is 1. The lowest BCUT2D eigenvalue weighted by Crippen LogP contribution is -2.48. The number of furan rings is 2. The summed E-state index contributed by atoms with van der Waals surface area (Å²) < 4.78 is 11.8. The van der Waals surface area contributed by atoms with Crippen LogP contribution in [-0.2, 0) is 17.6 Å². The van der Waals surface area contributed by atoms with Gasteiger partial charge in [0.2, 0.25) is 5.91 Å². The Morgan fingerprint density at radius 3 is 2.61 bits per heavy atom. The number of amides is 2. The zero-order chi connectivity index (χ0) is 25.4. The van der Waals surface area contributed by atoms with Crippen LogP contribution in [0.15, 0.2) is 32.3 Å². The summed E-state index contributed by atoms with van der Waals surface area (Å²) in [4.78, 5) is 30.2. The molecule has 1 aromatic carbocycles. The molecule has 3 aromatic rings. The number of likely N-dealkylation sites (N-methyl/N-ethyl adjacent to an activating group) is 1. The molecule has 2 aliphatic rings. The van der Waals surface area contributed by atoms with Crippen molar-refractivity contribution >= 4 is 28.5 Å². The number of benzene rings is 1. The van der Waals surface area contributed by atoms with Crippen LogP contribution >= 0.6 is 0 Å². The molecule has 190 valence electrons. The van der Waals surface area contributed by atoms with E-state index in [1.54, 1.807) is 6.26 Å². The number of hydrogen-bond acceptors (Lipinski definition) is 6. The van der Waals surface area contributed by atoms with Gasteiger partial charge in [-0.2, -0.15) is 5.10 Å². The van der Waals surface area contributed by atoms with Crippen molar-refractivity contribution in [2.45, 2.75) is 53.4 Å². The highest BCUT2D eigenvalue weighted by molar-refractivity contribution is 6.06. The Balaban J connectivity index is 1.31. The molecule has 1 fully saturated rings. The fourth-order valence-electron chi connectivity index (χ4n) is 5.49. The van der Waals surface area contributed by atoms with Crippen molar-refractivity contribution in [2.75, 3.05) is 32.7 Å². The highest BCUT2D eigenvalue weighted by Gasteiger charge is 2.31. The third-order valence-corrected chi connectivity index (χ3v) is 7.39. The Kier molecular flexibility index (Phi) is 6.71. The summed E-state index contributed by atoms with van der Waals surface area (Å²) in [6.07, 6.45) is 4.19. The Labute approximate surface area is 211 Å². The molecule has 0 saturated carbocycles. The second-order valence-corrected chi connectivity index (χ2v) is 9.92. The molecule has 2 aromatic heterocycles. The predicted octanol–water partition coefficient (Wildman–Crippen LogP) is 4.13. The number of carbonyl (C=O) groups excluding carboxylic acids is 2. The summed E-state index contributed by atoms with van der Waals surface area (Å²) >= 11 is 0. The highest BCUT2D eigenvalue weighted by Crippen LogP contribution is 2.31. The number of rotatable bonds is 5. The normalized spacial score (nSPS) is 17.6. The fourth-order valence-corrected chi connectivity index (χ4v) is 5.49. The van der Waals surface area contributed by atoms with Crippen molar-refractivity contribution in [1.29, 1.82) is 0 Å². The lowest BCUT2D eigenvalue weighted by molar-refractivity contribution is -0.120. The van der Waals surface area contributed by atoms with Crippen LogP contribution in [-0.4, -0.2) is 60.0 Å². The van der Waals surface area contributed by atoms with Gasteiger partial charge >= 0.3 is 0 Å². The van der Waals surface area contributed by atoms with Crippen molar-refractivity contribution in [3.63, 3.8) is 0 Å². The van der Waals surface area contributed by atoms with E-state index in [4.69, 9.17) is 8.83 Å². The van der Waals surface area contributed by atoms with Crippen LogP contribution in [0.3, 0.4) is 0 Å². The minimum Gasteiger partial charge on any atom is -0.464 e. The molecular weight excluding hydrogens is 456 g/mol. The van der Waals surface area contributed by atoms with E-state index >= 15 is 0 Å². The average Bonchev–Trinajstić information content (AvgIpc) is 3.43. The van der Waals surface area contributed by atoms with Gasteiger partial charge in [-0.15, -0.1) is 0 Å². The maximum atomic E-state index is 13.2. The van der Waals surface area contributed by atoms with Crippen LogP contribution in [0.1, 0.15) is 63.9 Å². The van der Waals surface area contributed by atoms with E-state index in [-0.39, 0.29) is 18.2 Å². The second-order valence-electron chi connectivity index (χ2n) is 9.92. The molecule has 0 spiro atoms. The lowest BCUT2D eigenvalue weighted by Gasteiger charge is -2.33. The molecule has 0 unspecified atom stereocenters. The third-order valence-electron chi connectivity index (χ3n) is 7.39. The molecule has 1 N–H and O–H groups in total. The van der Waals surface area contributed by atoms with Gasteiger partial charge < -0.3 is 18.6 Å². The minimum absolute atomic E-state index is 0.0570. The van der Waals surface area contributed by atoms with Gasteiger partial charge in [-0.3, -0.25) is 9.59 Å². The molecule has 8 nitrogen and oxygen atoms in total. The maximum absolute atomic E-state index is 13.2. The lowest BCUT2D eigenvalue weighted by atomic mass is 9.93. The Hall–Kier alpha value is -3.39. The maximum Gasteiger partial charge on any atom is 0.289 e. The first-order valence-electron chi connectivity index (χ1n) is 12.8. The van der Waals surface area contributed by atoms with E-state index in [0.29, 0.717) is 18.8 Å². The monoisotopic (exact) mass is 490 g/mol. The average molecular weight is 491 g/mol. The molecule has 1 aliphatic carbocycles. The van der Waals surface area contributed by atoms with Gasteiger partial charge in [-0.25, -0.2) is 5.43 Å². The summed E-state index contributed by atoms with van der Waals surface area (Å²) in [6, 6.07) is 4.07. The van der Waals surface area contributed by atoms with Gasteiger partial charge in [0.05, 0.1) is 18.4 Å². The van der Waals surface area contributed by atoms with Crippen LogP contribution < -0.4 is 5.43 Å². The van der Waals surface area contributed by atoms with Crippen LogP contribution in [0.2, 0.25) is 0 Å². The van der Waals surface area contributed by atoms with Crippen LogP contribution in [0.5, 0.6) is 0 Å². The van der Waals surface area contributed by atoms with Gasteiger partial charge in [-0.1, -0.05) is 13.0 Å². The summed E-state index contributed by atoms with van der Waals surface area (Å²) in [5, 5.41) is 5.47. The Morgan fingerprint density at radius 1 is 1.08 bits per heavy atom. The van der Waals surface area contributed by atoms with Crippen LogP contribution in [0.25, 0.3) is 11.0 Å². The zero-order valence-corrected chi connectivity index (χ0v) is 21.6. The van der Waals surface area contributed by atoms with Gasteiger partial charge in [0.25, 0.3) is 5.91 Å². The molecule has 36 heavy (non-hydrogen) atoms. The molecule has 1 aliphatic heterocycles. The largest absolute Gasteiger partial charge is 0.464 e. The number of hydrogen-bond donors (Lipinski definition) is 1. The van der Waals surface area contributed by atoms with Crippen molar-refractivity contribution in [1.82, 2.24) is 15.2 Å². The Bertz CT molecular complexity index is 1340. The Morgan fingerprint density at radius 2 is 1.86 bits per heavy atom. The van der Waals surface area contributed by atoms with Crippen molar-refractivity contribution in [3.8, 4) is 0 Å². The summed E-state index contributed by atoms with van der Waals surface area (Å²) in [5.74, 6) is 0.928. The van der Waals surface area contributed by atoms with Gasteiger partial charge in [0.15, 0.2) is 5.76 Å². The number of aryl methyl sites for hydroxylation is 3. The number of carbonyl (C=O) groups is 2. The van der Waals surface area contributed by atoms with Gasteiger partial charge in [0, 0.05) is 54.7 Å². The topological polar surface area (TPSA) is 91.3 Å². The zero-order valence-electron chi connectivity index (χ0n) is 21.6. The number of piperazine rings is 1. The van der Waals surface area contributed by atoms with Crippen molar-refractivity contribution in [3.05, 3.63) is 57.7 Å². The smallest absolute Gasteiger partial charge is 0.289 e. The number of nitrogens with zero attached hydrogens (tertiary/aromatic N) is 3. The van der Waals surface area contributed by atoms with Gasteiger partial charge in [0.1, 0.15) is 11.3 Å². The SMILES string of the molecule is CCN1CCN(C(=O)c2oc3c(c2C)/C(=N/NC(=O)Cc2coc4cc(C)cc(C)c24)CCC3)CC1. The first-order chi connectivity index (χ1) is 17.4. The summed E-state index contributed by atoms with van der Waals surface area (Å²) in [5.41, 5.74) is 9.04. The van der Waals surface area contributed by atoms with E-state index in [0.717, 1.165) is 89.2 Å². The predicted molar refractivity (Wildman–Crippen MR) is 138 cm³/mol. The van der Waals surface area contributed by atoms with Crippen LogP contribution in [0, 0.1) is 20.8 Å². The summed E-state index contributed by atoms with van der Waals surface area (Å²) in [7, 11) is 0. The van der Waals surface area contributed by atoms with Crippen molar-refractivity contribution in [2.24, 2.45) is 5.10 Å².